The quantitative estimate of drug-likeness (QED) is 0.666. The number of aromatic amines is 1. The Bertz CT molecular complexity index is 968. The Hall–Kier alpha value is -3.42. The van der Waals surface area contributed by atoms with Crippen molar-refractivity contribution in [2.45, 2.75) is 12.8 Å². The zero-order valence-electron chi connectivity index (χ0n) is 12.5. The third-order valence-electron chi connectivity index (χ3n) is 4.17. The molecule has 4 N–H and O–H groups in total. The predicted octanol–water partition coefficient (Wildman–Crippen LogP) is 1.16. The van der Waals surface area contributed by atoms with Crippen molar-refractivity contribution in [3.63, 3.8) is 0 Å². The summed E-state index contributed by atoms with van der Waals surface area (Å²) in [6.07, 6.45) is 3.06. The topological polar surface area (TPSA) is 127 Å². The highest BCUT2D eigenvalue weighted by Crippen LogP contribution is 2.35. The molecule has 1 aliphatic carbocycles. The number of primary amides is 1. The Kier molecular flexibility index (Phi) is 2.99. The van der Waals surface area contributed by atoms with Gasteiger partial charge in [0.2, 0.25) is 0 Å². The number of aromatic carboxylic acids is 1. The lowest BCUT2D eigenvalue weighted by Gasteiger charge is -2.14. The number of carboxylic acids is 1. The number of nitrogens with zero attached hydrogens (tertiary/aromatic N) is 3. The number of carbonyl (C=O) groups excluding carboxylic acids is 1. The van der Waals surface area contributed by atoms with E-state index in [9.17, 15) is 9.59 Å². The van der Waals surface area contributed by atoms with E-state index in [0.717, 1.165) is 28.9 Å². The largest absolute Gasteiger partial charge is 0.478 e. The van der Waals surface area contributed by atoms with Crippen LogP contribution in [-0.4, -0.2) is 37.0 Å². The van der Waals surface area contributed by atoms with Crippen LogP contribution in [0, 0.1) is 0 Å². The maximum Gasteiger partial charge on any atom is 0.335 e. The number of carboxylic acid groups (broad SMARTS) is 1. The number of aromatic nitrogens is 4. The number of carbonyl (C=O) groups is 2. The van der Waals surface area contributed by atoms with Crippen LogP contribution in [0.25, 0.3) is 16.9 Å². The van der Waals surface area contributed by atoms with Gasteiger partial charge in [-0.15, -0.1) is 0 Å². The average molecular weight is 323 g/mol. The molecule has 0 atom stereocenters. The molecule has 8 heteroatoms. The Morgan fingerprint density at radius 2 is 1.96 bits per heavy atom. The maximum absolute atomic E-state index is 11.8. The minimum Gasteiger partial charge on any atom is -0.478 e. The van der Waals surface area contributed by atoms with Gasteiger partial charge in [-0.3, -0.25) is 9.89 Å². The second-order valence-electron chi connectivity index (χ2n) is 5.57. The summed E-state index contributed by atoms with van der Waals surface area (Å²) in [7, 11) is 0. The number of benzene rings is 1. The number of nitrogens with two attached hydrogens (primary N) is 1. The first-order valence-electron chi connectivity index (χ1n) is 7.34. The van der Waals surface area contributed by atoms with Crippen LogP contribution in [-0.2, 0) is 12.8 Å². The molecule has 2 aromatic heterocycles. The molecular formula is C16H13N5O3. The lowest BCUT2D eigenvalue weighted by molar-refractivity contribution is 0.0696. The van der Waals surface area contributed by atoms with Crippen molar-refractivity contribution >= 4 is 11.9 Å². The van der Waals surface area contributed by atoms with E-state index in [1.54, 1.807) is 23.0 Å². The molecule has 0 unspecified atom stereocenters. The van der Waals surface area contributed by atoms with Crippen molar-refractivity contribution in [3.8, 4) is 16.9 Å². The van der Waals surface area contributed by atoms with E-state index >= 15 is 0 Å². The van der Waals surface area contributed by atoms with E-state index < -0.39 is 11.9 Å². The lowest BCUT2D eigenvalue weighted by atomic mass is 9.93. The molecule has 120 valence electrons. The minimum atomic E-state index is -1.00. The Morgan fingerprint density at radius 3 is 2.62 bits per heavy atom. The molecule has 2 heterocycles. The molecule has 1 aliphatic rings. The van der Waals surface area contributed by atoms with E-state index in [4.69, 9.17) is 10.8 Å². The third kappa shape index (κ3) is 2.00. The van der Waals surface area contributed by atoms with Crippen LogP contribution in [0.15, 0.2) is 30.5 Å². The molecule has 4 rings (SSSR count). The average Bonchev–Trinajstić information content (AvgIpc) is 3.18. The van der Waals surface area contributed by atoms with E-state index in [0.29, 0.717) is 12.1 Å². The number of aryl methyl sites for hydroxylation is 1. The summed E-state index contributed by atoms with van der Waals surface area (Å²) in [4.78, 5) is 22.8. The highest BCUT2D eigenvalue weighted by molar-refractivity contribution is 5.95. The predicted molar refractivity (Wildman–Crippen MR) is 84.0 cm³/mol. The van der Waals surface area contributed by atoms with Gasteiger partial charge in [0.05, 0.1) is 23.1 Å². The van der Waals surface area contributed by atoms with Gasteiger partial charge in [-0.05, 0) is 37.1 Å². The highest BCUT2D eigenvalue weighted by atomic mass is 16.4. The zero-order chi connectivity index (χ0) is 16.8. The van der Waals surface area contributed by atoms with Gasteiger partial charge in [0.25, 0.3) is 5.91 Å². The summed E-state index contributed by atoms with van der Waals surface area (Å²) in [6.45, 7) is 0. The number of rotatable bonds is 3. The SMILES string of the molecule is NC(=O)c1nn(-c2ccc(C(=O)O)cc2)c2c1CCc1[nH]ncc1-2. The van der Waals surface area contributed by atoms with Crippen LogP contribution < -0.4 is 5.73 Å². The van der Waals surface area contributed by atoms with E-state index in [1.165, 1.54) is 12.1 Å². The van der Waals surface area contributed by atoms with Crippen molar-refractivity contribution < 1.29 is 14.7 Å². The van der Waals surface area contributed by atoms with Gasteiger partial charge in [0.1, 0.15) is 0 Å². The maximum atomic E-state index is 11.8. The fraction of sp³-hybridized carbons (Fsp3) is 0.125. The number of fused-ring (bicyclic) bond motifs is 3. The van der Waals surface area contributed by atoms with Crippen LogP contribution in [0.2, 0.25) is 0 Å². The van der Waals surface area contributed by atoms with E-state index in [-0.39, 0.29) is 11.3 Å². The number of nitrogens with one attached hydrogen (secondary N) is 1. The normalized spacial score (nSPS) is 12.5. The van der Waals surface area contributed by atoms with Gasteiger partial charge >= 0.3 is 5.97 Å². The first-order chi connectivity index (χ1) is 11.6. The first-order valence-corrected chi connectivity index (χ1v) is 7.34. The van der Waals surface area contributed by atoms with Crippen molar-refractivity contribution in [3.05, 3.63) is 53.0 Å². The third-order valence-corrected chi connectivity index (χ3v) is 4.17. The fourth-order valence-corrected chi connectivity index (χ4v) is 3.05. The smallest absolute Gasteiger partial charge is 0.335 e. The van der Waals surface area contributed by atoms with Crippen LogP contribution in [0.3, 0.4) is 0 Å². The molecular weight excluding hydrogens is 310 g/mol. The molecule has 1 aromatic carbocycles. The molecule has 0 saturated heterocycles. The lowest BCUT2D eigenvalue weighted by Crippen LogP contribution is -2.15. The van der Waals surface area contributed by atoms with Crippen LogP contribution >= 0.6 is 0 Å². The number of hydrogen-bond acceptors (Lipinski definition) is 4. The molecule has 0 fully saturated rings. The van der Waals surface area contributed by atoms with Crippen molar-refractivity contribution in [2.75, 3.05) is 0 Å². The van der Waals surface area contributed by atoms with Crippen LogP contribution in [0.5, 0.6) is 0 Å². The highest BCUT2D eigenvalue weighted by Gasteiger charge is 2.29. The monoisotopic (exact) mass is 323 g/mol. The molecule has 1 amide bonds. The van der Waals surface area contributed by atoms with Crippen molar-refractivity contribution in [2.24, 2.45) is 5.73 Å². The van der Waals surface area contributed by atoms with Gasteiger partial charge in [0, 0.05) is 16.8 Å². The number of amides is 1. The molecule has 0 spiro atoms. The molecule has 0 radical (unpaired) electrons. The Morgan fingerprint density at radius 1 is 1.21 bits per heavy atom. The summed E-state index contributed by atoms with van der Waals surface area (Å²) in [5.74, 6) is -1.59. The van der Waals surface area contributed by atoms with Gasteiger partial charge in [-0.1, -0.05) is 0 Å². The van der Waals surface area contributed by atoms with Gasteiger partial charge in [-0.2, -0.15) is 10.2 Å². The summed E-state index contributed by atoms with van der Waals surface area (Å²) in [5.41, 5.74) is 9.94. The Balaban J connectivity index is 1.94. The molecule has 0 aliphatic heterocycles. The summed E-state index contributed by atoms with van der Waals surface area (Å²) in [5, 5.41) is 20.4. The second-order valence-corrected chi connectivity index (χ2v) is 5.57. The van der Waals surface area contributed by atoms with Crippen molar-refractivity contribution in [1.82, 2.24) is 20.0 Å². The molecule has 8 nitrogen and oxygen atoms in total. The first kappa shape index (κ1) is 14.2. The minimum absolute atomic E-state index is 0.180. The summed E-state index contributed by atoms with van der Waals surface area (Å²) < 4.78 is 1.62. The number of hydrogen-bond donors (Lipinski definition) is 3. The number of H-pyrrole nitrogens is 1. The van der Waals surface area contributed by atoms with E-state index in [1.807, 2.05) is 0 Å². The molecule has 3 aromatic rings. The fourth-order valence-electron chi connectivity index (χ4n) is 3.05. The van der Waals surface area contributed by atoms with E-state index in [2.05, 4.69) is 15.3 Å². The van der Waals surface area contributed by atoms with Crippen molar-refractivity contribution in [1.29, 1.82) is 0 Å². The van der Waals surface area contributed by atoms with Gasteiger partial charge < -0.3 is 10.8 Å². The molecule has 0 bridgehead atoms. The molecule has 24 heavy (non-hydrogen) atoms. The Labute approximate surface area is 135 Å². The standard InChI is InChI=1S/C16H13N5O3/c17-15(22)13-10-5-6-12-11(7-18-19-12)14(10)21(20-13)9-3-1-8(2-4-9)16(23)24/h1-4,7H,5-6H2,(H2,17,22)(H,18,19)(H,23,24). The van der Waals surface area contributed by atoms with Crippen LogP contribution in [0.4, 0.5) is 0 Å². The molecule has 0 saturated carbocycles. The zero-order valence-corrected chi connectivity index (χ0v) is 12.5. The van der Waals surface area contributed by atoms with Gasteiger partial charge in [0.15, 0.2) is 5.69 Å². The van der Waals surface area contributed by atoms with Crippen LogP contribution in [0.1, 0.15) is 32.1 Å². The summed E-state index contributed by atoms with van der Waals surface area (Å²) >= 11 is 0. The van der Waals surface area contributed by atoms with Gasteiger partial charge in [-0.25, -0.2) is 9.48 Å². The second kappa shape index (κ2) is 5.05. The summed E-state index contributed by atoms with van der Waals surface area (Å²) in [6, 6.07) is 6.29.